The fourth-order valence-corrected chi connectivity index (χ4v) is 4.08. The SMILES string of the molecule is CC(=O)c1ccc(N2Cc3ccccc3C3(CCOCC3)C2=N)cc1.[Br-]. The molecule has 1 N–H and O–H groups in total. The van der Waals surface area contributed by atoms with Gasteiger partial charge in [0.25, 0.3) is 0 Å². The van der Waals surface area contributed by atoms with Crippen molar-refractivity contribution in [1.82, 2.24) is 0 Å². The Bertz CT molecular complexity index is 826. The van der Waals surface area contributed by atoms with Gasteiger partial charge in [-0.15, -0.1) is 0 Å². The Morgan fingerprint density at radius 2 is 1.73 bits per heavy atom. The van der Waals surface area contributed by atoms with Crippen molar-refractivity contribution in [3.05, 3.63) is 65.2 Å². The number of ketones is 1. The monoisotopic (exact) mass is 413 g/mol. The molecule has 26 heavy (non-hydrogen) atoms. The zero-order valence-corrected chi connectivity index (χ0v) is 16.4. The van der Waals surface area contributed by atoms with E-state index in [1.54, 1.807) is 6.92 Å². The molecule has 0 unspecified atom stereocenters. The Morgan fingerprint density at radius 3 is 2.38 bits per heavy atom. The summed E-state index contributed by atoms with van der Waals surface area (Å²) in [5.41, 5.74) is 3.95. The van der Waals surface area contributed by atoms with Gasteiger partial charge in [-0.25, -0.2) is 0 Å². The fourth-order valence-electron chi connectivity index (χ4n) is 4.08. The van der Waals surface area contributed by atoms with Crippen molar-refractivity contribution in [2.45, 2.75) is 31.7 Å². The molecule has 0 amide bonds. The normalized spacial score (nSPS) is 18.2. The van der Waals surface area contributed by atoms with Gasteiger partial charge in [-0.2, -0.15) is 0 Å². The second-order valence-electron chi connectivity index (χ2n) is 6.89. The van der Waals surface area contributed by atoms with Crippen LogP contribution in [0, 0.1) is 5.41 Å². The standard InChI is InChI=1S/C21H22N2O2.BrH/c1-15(24)16-6-8-18(9-7-16)23-14-17-4-2-3-5-19(17)21(20(23)22)10-12-25-13-11-21;/h2-9,22H,10-14H2,1H3;1H/p-1. The number of Topliss-reactive ketones (excluding diaryl/α,β-unsaturated/α-hetero) is 1. The van der Waals surface area contributed by atoms with E-state index in [0.717, 1.165) is 18.5 Å². The van der Waals surface area contributed by atoms with Crippen LogP contribution >= 0.6 is 0 Å². The number of benzene rings is 2. The molecule has 1 spiro atoms. The van der Waals surface area contributed by atoms with Gasteiger partial charge in [-0.05, 0) is 55.2 Å². The molecule has 136 valence electrons. The van der Waals surface area contributed by atoms with Crippen molar-refractivity contribution in [3.8, 4) is 0 Å². The summed E-state index contributed by atoms with van der Waals surface area (Å²) in [7, 11) is 0. The number of nitrogens with zero attached hydrogens (tertiary/aromatic N) is 1. The Hall–Kier alpha value is -1.98. The first-order valence-corrected chi connectivity index (χ1v) is 8.75. The molecular formula is C21H22BrN2O2-. The lowest BCUT2D eigenvalue weighted by molar-refractivity contribution is -0.0000147. The highest BCUT2D eigenvalue weighted by molar-refractivity contribution is 6.05. The summed E-state index contributed by atoms with van der Waals surface area (Å²) in [5, 5.41) is 9.00. The van der Waals surface area contributed by atoms with Gasteiger partial charge in [-0.1, -0.05) is 24.3 Å². The van der Waals surface area contributed by atoms with E-state index in [2.05, 4.69) is 29.2 Å². The predicted octanol–water partition coefficient (Wildman–Crippen LogP) is 0.939. The van der Waals surface area contributed by atoms with Crippen LogP contribution in [0.5, 0.6) is 0 Å². The largest absolute Gasteiger partial charge is 1.00 e. The topological polar surface area (TPSA) is 53.4 Å². The smallest absolute Gasteiger partial charge is 0.159 e. The number of fused-ring (bicyclic) bond motifs is 2. The van der Waals surface area contributed by atoms with Crippen LogP contribution in [0.25, 0.3) is 0 Å². The van der Waals surface area contributed by atoms with Crippen molar-refractivity contribution in [1.29, 1.82) is 5.41 Å². The molecule has 1 fully saturated rings. The number of halogens is 1. The highest BCUT2D eigenvalue weighted by Crippen LogP contribution is 2.43. The van der Waals surface area contributed by atoms with Crippen LogP contribution in [0.1, 0.15) is 41.3 Å². The number of ether oxygens (including phenoxy) is 1. The lowest BCUT2D eigenvalue weighted by atomic mass is 9.69. The molecule has 0 atom stereocenters. The lowest BCUT2D eigenvalue weighted by Gasteiger charge is -2.47. The third-order valence-electron chi connectivity index (χ3n) is 5.52. The lowest BCUT2D eigenvalue weighted by Crippen LogP contribution is -3.00. The first-order valence-electron chi connectivity index (χ1n) is 8.75. The number of carbonyl (C=O) groups excluding carboxylic acids is 1. The molecule has 4 rings (SSSR count). The van der Waals surface area contributed by atoms with Crippen LogP contribution in [-0.4, -0.2) is 24.8 Å². The second-order valence-corrected chi connectivity index (χ2v) is 6.89. The summed E-state index contributed by atoms with van der Waals surface area (Å²) in [4.78, 5) is 13.6. The molecule has 0 aliphatic carbocycles. The van der Waals surface area contributed by atoms with Crippen LogP contribution in [0.2, 0.25) is 0 Å². The van der Waals surface area contributed by atoms with Crippen LogP contribution < -0.4 is 21.9 Å². The van der Waals surface area contributed by atoms with E-state index in [-0.39, 0.29) is 28.2 Å². The van der Waals surface area contributed by atoms with E-state index in [1.165, 1.54) is 11.1 Å². The van der Waals surface area contributed by atoms with Crippen LogP contribution in [0.4, 0.5) is 5.69 Å². The molecular weight excluding hydrogens is 392 g/mol. The van der Waals surface area contributed by atoms with Gasteiger partial charge in [0.15, 0.2) is 5.78 Å². The van der Waals surface area contributed by atoms with Crippen molar-refractivity contribution >= 4 is 17.3 Å². The van der Waals surface area contributed by atoms with Gasteiger partial charge in [0.2, 0.25) is 0 Å². The van der Waals surface area contributed by atoms with Gasteiger partial charge in [0.05, 0.1) is 5.41 Å². The number of rotatable bonds is 2. The predicted molar refractivity (Wildman–Crippen MR) is 98.5 cm³/mol. The Morgan fingerprint density at radius 1 is 1.08 bits per heavy atom. The zero-order valence-electron chi connectivity index (χ0n) is 14.8. The highest BCUT2D eigenvalue weighted by atomic mass is 79.9. The minimum absolute atomic E-state index is 0. The van der Waals surface area contributed by atoms with Crippen molar-refractivity contribution < 1.29 is 26.5 Å². The Balaban J connectivity index is 0.00000196. The quantitative estimate of drug-likeness (QED) is 0.745. The maximum atomic E-state index is 11.5. The Kier molecular flexibility index (Phi) is 5.30. The molecule has 2 heterocycles. The molecule has 0 aromatic heterocycles. The minimum atomic E-state index is -0.271. The van der Waals surface area contributed by atoms with E-state index >= 15 is 0 Å². The van der Waals surface area contributed by atoms with Gasteiger partial charge >= 0.3 is 0 Å². The highest BCUT2D eigenvalue weighted by Gasteiger charge is 2.45. The second kappa shape index (κ2) is 7.33. The summed E-state index contributed by atoms with van der Waals surface area (Å²) in [6.07, 6.45) is 1.68. The average molecular weight is 414 g/mol. The van der Waals surface area contributed by atoms with Crippen molar-refractivity contribution in [2.75, 3.05) is 18.1 Å². The van der Waals surface area contributed by atoms with Crippen molar-refractivity contribution in [2.24, 2.45) is 0 Å². The summed E-state index contributed by atoms with van der Waals surface area (Å²) in [5.74, 6) is 0.705. The maximum Gasteiger partial charge on any atom is 0.159 e. The molecule has 1 saturated heterocycles. The Labute approximate surface area is 164 Å². The van der Waals surface area contributed by atoms with E-state index < -0.39 is 0 Å². The van der Waals surface area contributed by atoms with E-state index in [9.17, 15) is 4.79 Å². The van der Waals surface area contributed by atoms with Gasteiger partial charge in [0.1, 0.15) is 5.84 Å². The summed E-state index contributed by atoms with van der Waals surface area (Å²) < 4.78 is 5.59. The molecule has 2 aromatic carbocycles. The molecule has 2 aliphatic heterocycles. The van der Waals surface area contributed by atoms with Crippen LogP contribution in [0.15, 0.2) is 48.5 Å². The number of hydrogen-bond acceptors (Lipinski definition) is 3. The molecule has 2 aromatic rings. The van der Waals surface area contributed by atoms with Gasteiger partial charge < -0.3 is 26.6 Å². The zero-order chi connectivity index (χ0) is 17.4. The number of amidine groups is 1. The molecule has 0 bridgehead atoms. The number of hydrogen-bond donors (Lipinski definition) is 1. The number of carbonyl (C=O) groups is 1. The third-order valence-corrected chi connectivity index (χ3v) is 5.52. The maximum absolute atomic E-state index is 11.5. The summed E-state index contributed by atoms with van der Waals surface area (Å²) >= 11 is 0. The van der Waals surface area contributed by atoms with Crippen LogP contribution in [0.3, 0.4) is 0 Å². The first-order chi connectivity index (χ1) is 12.1. The average Bonchev–Trinajstić information content (AvgIpc) is 2.66. The molecule has 0 radical (unpaired) electrons. The van der Waals surface area contributed by atoms with Gasteiger partial charge in [0, 0.05) is 31.0 Å². The van der Waals surface area contributed by atoms with Crippen LogP contribution in [-0.2, 0) is 16.7 Å². The molecule has 2 aliphatic rings. The molecule has 5 heteroatoms. The molecule has 4 nitrogen and oxygen atoms in total. The fraction of sp³-hybridized carbons (Fsp3) is 0.333. The third kappa shape index (κ3) is 2.99. The van der Waals surface area contributed by atoms with Crippen molar-refractivity contribution in [3.63, 3.8) is 0 Å². The first kappa shape index (κ1) is 18.8. The minimum Gasteiger partial charge on any atom is -1.00 e. The summed E-state index contributed by atoms with van der Waals surface area (Å²) in [6, 6.07) is 16.1. The van der Waals surface area contributed by atoms with E-state index in [0.29, 0.717) is 31.2 Å². The van der Waals surface area contributed by atoms with E-state index in [4.69, 9.17) is 10.1 Å². The summed E-state index contributed by atoms with van der Waals surface area (Å²) in [6.45, 7) is 3.64. The molecule has 0 saturated carbocycles. The van der Waals surface area contributed by atoms with E-state index in [1.807, 2.05) is 24.3 Å². The number of nitrogens with one attached hydrogen (secondary N) is 1. The van der Waals surface area contributed by atoms with Gasteiger partial charge in [-0.3, -0.25) is 10.2 Å². The number of anilines is 1.